The third kappa shape index (κ3) is 1.81. The summed E-state index contributed by atoms with van der Waals surface area (Å²) in [5.41, 5.74) is 19.2. The van der Waals surface area contributed by atoms with Crippen LogP contribution in [0.25, 0.3) is 33.1 Å². The molecular formula is C21H21N6O2+. The molecule has 0 spiro atoms. The van der Waals surface area contributed by atoms with E-state index in [1.165, 1.54) is 0 Å². The molecule has 1 saturated carbocycles. The molecule has 1 amide bonds. The van der Waals surface area contributed by atoms with E-state index in [1.807, 2.05) is 41.4 Å². The first kappa shape index (κ1) is 16.4. The summed E-state index contributed by atoms with van der Waals surface area (Å²) in [5, 5.41) is 0.790. The Morgan fingerprint density at radius 1 is 1.28 bits per heavy atom. The highest BCUT2D eigenvalue weighted by molar-refractivity contribution is 6.19. The normalized spacial score (nSPS) is 14.7. The molecular weight excluding hydrogens is 368 g/mol. The molecule has 4 heterocycles. The quantitative estimate of drug-likeness (QED) is 0.364. The van der Waals surface area contributed by atoms with Crippen LogP contribution in [-0.2, 0) is 7.05 Å². The number of fused-ring (bicyclic) bond motifs is 3. The Morgan fingerprint density at radius 3 is 2.69 bits per heavy atom. The van der Waals surface area contributed by atoms with E-state index in [-0.39, 0.29) is 0 Å². The molecule has 8 heteroatoms. The number of rotatable bonds is 3. The van der Waals surface area contributed by atoms with Gasteiger partial charge >= 0.3 is 5.65 Å². The number of benzene rings is 1. The summed E-state index contributed by atoms with van der Waals surface area (Å²) in [4.78, 5) is 17.5. The number of ether oxygens (including phenoxy) is 1. The van der Waals surface area contributed by atoms with Crippen LogP contribution in [0.5, 0.6) is 5.75 Å². The topological polar surface area (TPSA) is 104 Å². The average molecular weight is 389 g/mol. The lowest BCUT2D eigenvalue weighted by atomic mass is 10.1. The lowest BCUT2D eigenvalue weighted by Crippen LogP contribution is -2.26. The number of imidazole rings is 1. The molecule has 0 saturated heterocycles. The Bertz CT molecular complexity index is 1510. The number of anilines is 1. The lowest BCUT2D eigenvalue weighted by molar-refractivity contribution is -0.647. The van der Waals surface area contributed by atoms with Gasteiger partial charge in [-0.15, -0.1) is 4.98 Å². The van der Waals surface area contributed by atoms with Gasteiger partial charge in [0.05, 0.1) is 30.6 Å². The Balaban J connectivity index is 2.03. The predicted octanol–water partition coefficient (Wildman–Crippen LogP) is 2.03. The Kier molecular flexibility index (Phi) is 2.87. The molecule has 4 aromatic heterocycles. The van der Waals surface area contributed by atoms with Crippen molar-refractivity contribution in [2.24, 2.45) is 12.8 Å². The Morgan fingerprint density at radius 2 is 2.03 bits per heavy atom. The molecule has 1 fully saturated rings. The highest BCUT2D eigenvalue weighted by Gasteiger charge is 2.38. The number of carbonyl (C=O) groups is 1. The van der Waals surface area contributed by atoms with Crippen LogP contribution in [0.15, 0.2) is 18.5 Å². The molecule has 8 nitrogen and oxygen atoms in total. The number of pyridine rings is 1. The Labute approximate surface area is 165 Å². The van der Waals surface area contributed by atoms with E-state index >= 15 is 0 Å². The molecule has 1 aliphatic carbocycles. The molecule has 146 valence electrons. The van der Waals surface area contributed by atoms with Gasteiger partial charge in [-0.05, 0) is 31.9 Å². The number of methoxy groups -OCH3 is 1. The summed E-state index contributed by atoms with van der Waals surface area (Å²) in [6.07, 6.45) is 4.14. The number of nitrogens with two attached hydrogens (primary N) is 2. The minimum atomic E-state index is -0.527. The number of aromatic nitrogens is 4. The van der Waals surface area contributed by atoms with Crippen molar-refractivity contribution in [3.8, 4) is 5.75 Å². The summed E-state index contributed by atoms with van der Waals surface area (Å²) >= 11 is 0. The van der Waals surface area contributed by atoms with Gasteiger partial charge in [-0.25, -0.2) is 8.97 Å². The second kappa shape index (κ2) is 5.08. The van der Waals surface area contributed by atoms with Crippen LogP contribution in [-0.4, -0.2) is 26.8 Å². The minimum absolute atomic E-state index is 0.337. The summed E-state index contributed by atoms with van der Waals surface area (Å²) < 4.78 is 11.7. The highest BCUT2D eigenvalue weighted by atomic mass is 16.5. The van der Waals surface area contributed by atoms with Crippen molar-refractivity contribution in [3.05, 3.63) is 35.3 Å². The monoisotopic (exact) mass is 389 g/mol. The summed E-state index contributed by atoms with van der Waals surface area (Å²) in [7, 11) is 3.64. The fourth-order valence-corrected chi connectivity index (χ4v) is 4.83. The molecule has 1 aliphatic rings. The van der Waals surface area contributed by atoms with E-state index < -0.39 is 5.91 Å². The first-order valence-electron chi connectivity index (χ1n) is 9.66. The van der Waals surface area contributed by atoms with Gasteiger partial charge in [0.25, 0.3) is 5.91 Å². The van der Waals surface area contributed by atoms with Crippen LogP contribution in [0, 0.1) is 6.92 Å². The van der Waals surface area contributed by atoms with E-state index in [0.717, 1.165) is 62.9 Å². The standard InChI is InChI=1S/C21H20N6O2/c1-9-12(29-3)7-6-11-16(9)27-17-13(14(19(27)22)20(23)28)15(10-4-5-10)24-21-18(17)26(11)8-25(21)2/h6-8,10H,4-5H2,1-3H3,(H3-,22,23,28)/p+1. The van der Waals surface area contributed by atoms with Gasteiger partial charge in [-0.3, -0.25) is 9.20 Å². The van der Waals surface area contributed by atoms with Crippen LogP contribution in [0.3, 0.4) is 0 Å². The first-order valence-corrected chi connectivity index (χ1v) is 9.66. The van der Waals surface area contributed by atoms with Crippen molar-refractivity contribution in [2.45, 2.75) is 25.7 Å². The maximum atomic E-state index is 12.5. The minimum Gasteiger partial charge on any atom is -0.496 e. The summed E-state index contributed by atoms with van der Waals surface area (Å²) in [6, 6.07) is 3.95. The second-order valence-corrected chi connectivity index (χ2v) is 7.98. The fourth-order valence-electron chi connectivity index (χ4n) is 4.83. The van der Waals surface area contributed by atoms with Crippen molar-refractivity contribution in [2.75, 3.05) is 12.8 Å². The van der Waals surface area contributed by atoms with Gasteiger partial charge in [0.1, 0.15) is 28.3 Å². The Hall–Kier alpha value is -3.55. The van der Waals surface area contributed by atoms with Gasteiger partial charge in [-0.1, -0.05) is 0 Å². The fraction of sp³-hybridized carbons (Fsp3) is 0.286. The number of aryl methyl sites for hydroxylation is 2. The van der Waals surface area contributed by atoms with E-state index in [0.29, 0.717) is 17.3 Å². The molecule has 0 radical (unpaired) electrons. The van der Waals surface area contributed by atoms with Crippen molar-refractivity contribution in [1.82, 2.24) is 13.8 Å². The van der Waals surface area contributed by atoms with Crippen LogP contribution < -0.4 is 20.8 Å². The maximum absolute atomic E-state index is 12.5. The van der Waals surface area contributed by atoms with Gasteiger partial charge in [0, 0.05) is 11.5 Å². The van der Waals surface area contributed by atoms with Crippen LogP contribution >= 0.6 is 0 Å². The van der Waals surface area contributed by atoms with Gasteiger partial charge in [0.2, 0.25) is 5.52 Å². The van der Waals surface area contributed by atoms with E-state index in [4.69, 9.17) is 21.2 Å². The molecule has 0 atom stereocenters. The number of carbonyl (C=O) groups excluding carboxylic acids is 1. The zero-order valence-corrected chi connectivity index (χ0v) is 16.5. The molecule has 0 bridgehead atoms. The maximum Gasteiger partial charge on any atom is 0.304 e. The van der Waals surface area contributed by atoms with Gasteiger partial charge < -0.3 is 16.2 Å². The molecule has 0 unspecified atom stereocenters. The second-order valence-electron chi connectivity index (χ2n) is 7.98. The molecule has 1 aromatic carbocycles. The first-order chi connectivity index (χ1) is 13.9. The SMILES string of the molecule is COc1ccc2c(c1C)n1c(N)c(C(N)=O)c3c(C4CC4)nc4c(c31)n2c[n+]4C. The number of amides is 1. The predicted molar refractivity (Wildman–Crippen MR) is 110 cm³/mol. The lowest BCUT2D eigenvalue weighted by Gasteiger charge is -2.12. The number of hydrogen-bond donors (Lipinski definition) is 2. The van der Waals surface area contributed by atoms with Gasteiger partial charge in [0.15, 0.2) is 6.33 Å². The van der Waals surface area contributed by atoms with Crippen molar-refractivity contribution >= 4 is 44.8 Å². The smallest absolute Gasteiger partial charge is 0.304 e. The van der Waals surface area contributed by atoms with Crippen molar-refractivity contribution in [1.29, 1.82) is 0 Å². The van der Waals surface area contributed by atoms with Gasteiger partial charge in [-0.2, -0.15) is 0 Å². The van der Waals surface area contributed by atoms with Crippen molar-refractivity contribution < 1.29 is 14.1 Å². The largest absolute Gasteiger partial charge is 0.496 e. The van der Waals surface area contributed by atoms with Crippen molar-refractivity contribution in [3.63, 3.8) is 0 Å². The van der Waals surface area contributed by atoms with Crippen LogP contribution in [0.2, 0.25) is 0 Å². The van der Waals surface area contributed by atoms with Crippen LogP contribution in [0.1, 0.15) is 40.4 Å². The third-order valence-corrected chi connectivity index (χ3v) is 6.26. The number of primary amides is 1. The average Bonchev–Trinajstić information content (AvgIpc) is 3.41. The zero-order chi connectivity index (χ0) is 20.2. The summed E-state index contributed by atoms with van der Waals surface area (Å²) in [5.74, 6) is 0.930. The molecule has 29 heavy (non-hydrogen) atoms. The highest BCUT2D eigenvalue weighted by Crippen LogP contribution is 2.47. The summed E-state index contributed by atoms with van der Waals surface area (Å²) in [6.45, 7) is 2.00. The van der Waals surface area contributed by atoms with E-state index in [1.54, 1.807) is 7.11 Å². The number of nitrogen functional groups attached to an aromatic ring is 1. The molecule has 4 N–H and O–H groups in total. The molecule has 0 aliphatic heterocycles. The third-order valence-electron chi connectivity index (χ3n) is 6.26. The van der Waals surface area contributed by atoms with E-state index in [9.17, 15) is 4.79 Å². The molecule has 5 aromatic rings. The van der Waals surface area contributed by atoms with Crippen LogP contribution in [0.4, 0.5) is 5.82 Å². The van der Waals surface area contributed by atoms with E-state index in [2.05, 4.69) is 4.40 Å². The number of nitrogens with zero attached hydrogens (tertiary/aromatic N) is 4. The zero-order valence-electron chi connectivity index (χ0n) is 16.5. The molecule has 6 rings (SSSR count). The number of hydrogen-bond acceptors (Lipinski definition) is 4.